The Hall–Kier alpha value is -1.38. The number of nitrogens with zero attached hydrogens (tertiary/aromatic N) is 2. The second kappa shape index (κ2) is 13.8. The predicted octanol–water partition coefficient (Wildman–Crippen LogP) is 2.95. The first kappa shape index (κ1) is 22.7. The van der Waals surface area contributed by atoms with Gasteiger partial charge in [-0.3, -0.25) is 14.8 Å². The van der Waals surface area contributed by atoms with Crippen molar-refractivity contribution >= 4 is 35.8 Å². The molecule has 1 aromatic rings. The number of rotatable bonds is 9. The molecule has 2 rings (SSSR count). The minimum atomic E-state index is -0.103. The Bertz CT molecular complexity index is 532. The molecule has 0 radical (unpaired) electrons. The number of nitrogens with one attached hydrogen (secondary N) is 3. The van der Waals surface area contributed by atoms with Crippen molar-refractivity contribution in [1.82, 2.24) is 20.9 Å². The Balaban J connectivity index is 0.00000338. The van der Waals surface area contributed by atoms with Crippen molar-refractivity contribution in [3.63, 3.8) is 0 Å². The van der Waals surface area contributed by atoms with Gasteiger partial charge in [0.2, 0.25) is 0 Å². The molecular formula is C19H32IN5O. The fourth-order valence-electron chi connectivity index (χ4n) is 3.17. The summed E-state index contributed by atoms with van der Waals surface area (Å²) >= 11 is 0. The van der Waals surface area contributed by atoms with Gasteiger partial charge in [-0.2, -0.15) is 0 Å². The molecular weight excluding hydrogens is 441 g/mol. The zero-order valence-electron chi connectivity index (χ0n) is 15.7. The minimum Gasteiger partial charge on any atom is -0.357 e. The lowest BCUT2D eigenvalue weighted by Gasteiger charge is -2.12. The van der Waals surface area contributed by atoms with Crippen LogP contribution in [0.2, 0.25) is 0 Å². The second-order valence-corrected chi connectivity index (χ2v) is 6.48. The van der Waals surface area contributed by atoms with Gasteiger partial charge < -0.3 is 16.0 Å². The number of halogens is 1. The molecule has 0 bridgehead atoms. The van der Waals surface area contributed by atoms with Crippen molar-refractivity contribution in [2.24, 2.45) is 10.9 Å². The third-order valence-electron chi connectivity index (χ3n) is 4.49. The monoisotopic (exact) mass is 473 g/mol. The van der Waals surface area contributed by atoms with Crippen LogP contribution in [-0.2, 0) is 0 Å². The first-order chi connectivity index (χ1) is 12.3. The molecule has 0 aliphatic heterocycles. The summed E-state index contributed by atoms with van der Waals surface area (Å²) in [6.07, 6.45) is 11.3. The summed E-state index contributed by atoms with van der Waals surface area (Å²) in [5.74, 6) is 1.64. The van der Waals surface area contributed by atoms with E-state index in [0.717, 1.165) is 31.4 Å². The van der Waals surface area contributed by atoms with E-state index in [1.54, 1.807) is 24.5 Å². The molecule has 1 fully saturated rings. The Morgan fingerprint density at radius 3 is 2.69 bits per heavy atom. The van der Waals surface area contributed by atoms with E-state index in [9.17, 15) is 4.79 Å². The van der Waals surface area contributed by atoms with Gasteiger partial charge in [-0.15, -0.1) is 24.0 Å². The number of pyridine rings is 1. The molecule has 7 heteroatoms. The molecule has 0 unspecified atom stereocenters. The van der Waals surface area contributed by atoms with E-state index in [2.05, 4.69) is 32.9 Å². The van der Waals surface area contributed by atoms with E-state index in [0.29, 0.717) is 18.7 Å². The quantitative estimate of drug-likeness (QED) is 0.223. The summed E-state index contributed by atoms with van der Waals surface area (Å²) < 4.78 is 0. The zero-order chi connectivity index (χ0) is 17.7. The van der Waals surface area contributed by atoms with E-state index in [1.165, 1.54) is 32.1 Å². The van der Waals surface area contributed by atoms with Crippen molar-refractivity contribution < 1.29 is 4.79 Å². The van der Waals surface area contributed by atoms with Crippen LogP contribution < -0.4 is 16.0 Å². The summed E-state index contributed by atoms with van der Waals surface area (Å²) in [5, 5.41) is 9.39. The highest BCUT2D eigenvalue weighted by atomic mass is 127. The van der Waals surface area contributed by atoms with Crippen LogP contribution in [-0.4, -0.2) is 43.0 Å². The minimum absolute atomic E-state index is 0. The maximum absolute atomic E-state index is 11.9. The van der Waals surface area contributed by atoms with Crippen molar-refractivity contribution in [3.8, 4) is 0 Å². The highest BCUT2D eigenvalue weighted by molar-refractivity contribution is 14.0. The van der Waals surface area contributed by atoms with Gasteiger partial charge in [0.05, 0.1) is 5.56 Å². The number of guanidine groups is 1. The summed E-state index contributed by atoms with van der Waals surface area (Å²) in [4.78, 5) is 20.5. The third-order valence-corrected chi connectivity index (χ3v) is 4.49. The molecule has 26 heavy (non-hydrogen) atoms. The number of aromatic nitrogens is 1. The first-order valence-corrected chi connectivity index (χ1v) is 9.50. The van der Waals surface area contributed by atoms with Crippen molar-refractivity contribution in [1.29, 1.82) is 0 Å². The number of amides is 1. The van der Waals surface area contributed by atoms with E-state index < -0.39 is 0 Å². The molecule has 1 amide bonds. The molecule has 1 aromatic heterocycles. The first-order valence-electron chi connectivity index (χ1n) is 9.50. The van der Waals surface area contributed by atoms with E-state index in [-0.39, 0.29) is 29.9 Å². The van der Waals surface area contributed by atoms with Crippen LogP contribution >= 0.6 is 24.0 Å². The van der Waals surface area contributed by atoms with Crippen LogP contribution in [0.3, 0.4) is 0 Å². The predicted molar refractivity (Wildman–Crippen MR) is 117 cm³/mol. The summed E-state index contributed by atoms with van der Waals surface area (Å²) in [7, 11) is 0. The Morgan fingerprint density at radius 1 is 1.23 bits per heavy atom. The fraction of sp³-hybridized carbons (Fsp3) is 0.632. The average Bonchev–Trinajstić information content (AvgIpc) is 3.16. The molecule has 0 saturated heterocycles. The second-order valence-electron chi connectivity index (χ2n) is 6.48. The number of carbonyl (C=O) groups excluding carboxylic acids is 1. The number of hydrogen-bond donors (Lipinski definition) is 3. The third kappa shape index (κ3) is 8.82. The maximum Gasteiger partial charge on any atom is 0.252 e. The van der Waals surface area contributed by atoms with Crippen molar-refractivity contribution in [3.05, 3.63) is 30.1 Å². The lowest BCUT2D eigenvalue weighted by atomic mass is 10.0. The number of aliphatic imine (C=N–C) groups is 1. The van der Waals surface area contributed by atoms with Gasteiger partial charge in [0, 0.05) is 38.6 Å². The number of hydrogen-bond acceptors (Lipinski definition) is 3. The van der Waals surface area contributed by atoms with Gasteiger partial charge in [-0.05, 0) is 37.8 Å². The van der Waals surface area contributed by atoms with Gasteiger partial charge in [-0.1, -0.05) is 25.7 Å². The van der Waals surface area contributed by atoms with Crippen LogP contribution in [0.1, 0.15) is 55.8 Å². The molecule has 3 N–H and O–H groups in total. The van der Waals surface area contributed by atoms with Crippen molar-refractivity contribution in [2.45, 2.75) is 45.4 Å². The van der Waals surface area contributed by atoms with Gasteiger partial charge in [-0.25, -0.2) is 0 Å². The van der Waals surface area contributed by atoms with Gasteiger partial charge in [0.25, 0.3) is 5.91 Å². The lowest BCUT2D eigenvalue weighted by Crippen LogP contribution is -2.41. The topological polar surface area (TPSA) is 78.4 Å². The molecule has 146 valence electrons. The standard InChI is InChI=1S/C19H31N5O.HI/c1-2-21-19(23-12-5-9-16-7-3-4-8-16)24-14-13-22-18(25)17-10-6-11-20-15-17;/h6,10-11,15-16H,2-5,7-9,12-14H2,1H3,(H,22,25)(H2,21,23,24);1H. The van der Waals surface area contributed by atoms with Crippen LogP contribution in [0.15, 0.2) is 29.5 Å². The SMILES string of the molecule is CCNC(=NCCCC1CCCC1)NCCNC(=O)c1cccnc1.I. The zero-order valence-corrected chi connectivity index (χ0v) is 18.0. The highest BCUT2D eigenvalue weighted by Crippen LogP contribution is 2.28. The lowest BCUT2D eigenvalue weighted by molar-refractivity contribution is 0.0954. The molecule has 1 aliphatic carbocycles. The average molecular weight is 473 g/mol. The maximum atomic E-state index is 11.9. The molecule has 1 heterocycles. The summed E-state index contributed by atoms with van der Waals surface area (Å²) in [5.41, 5.74) is 0.579. The Morgan fingerprint density at radius 2 is 2.00 bits per heavy atom. The van der Waals surface area contributed by atoms with E-state index >= 15 is 0 Å². The summed E-state index contributed by atoms with van der Waals surface area (Å²) in [6.45, 7) is 4.92. The van der Waals surface area contributed by atoms with Gasteiger partial charge in [0.1, 0.15) is 0 Å². The Kier molecular flexibility index (Phi) is 12.0. The number of carbonyl (C=O) groups is 1. The van der Waals surface area contributed by atoms with E-state index in [1.807, 2.05) is 0 Å². The van der Waals surface area contributed by atoms with Crippen molar-refractivity contribution in [2.75, 3.05) is 26.2 Å². The van der Waals surface area contributed by atoms with Crippen LogP contribution in [0, 0.1) is 5.92 Å². The molecule has 1 aliphatic rings. The normalized spacial score (nSPS) is 14.6. The largest absolute Gasteiger partial charge is 0.357 e. The van der Waals surface area contributed by atoms with Crippen LogP contribution in [0.4, 0.5) is 0 Å². The van der Waals surface area contributed by atoms with Crippen LogP contribution in [0.25, 0.3) is 0 Å². The summed E-state index contributed by atoms with van der Waals surface area (Å²) in [6, 6.07) is 3.51. The Labute approximate surface area is 174 Å². The molecule has 6 nitrogen and oxygen atoms in total. The molecule has 0 atom stereocenters. The van der Waals surface area contributed by atoms with Gasteiger partial charge >= 0.3 is 0 Å². The smallest absolute Gasteiger partial charge is 0.252 e. The van der Waals surface area contributed by atoms with Crippen LogP contribution in [0.5, 0.6) is 0 Å². The highest BCUT2D eigenvalue weighted by Gasteiger charge is 2.13. The van der Waals surface area contributed by atoms with E-state index in [4.69, 9.17) is 0 Å². The molecule has 0 spiro atoms. The van der Waals surface area contributed by atoms with Gasteiger partial charge in [0.15, 0.2) is 5.96 Å². The molecule has 1 saturated carbocycles. The fourth-order valence-corrected chi connectivity index (χ4v) is 3.17. The molecule has 0 aromatic carbocycles.